The second-order valence-electron chi connectivity index (χ2n) is 10.4. The van der Waals surface area contributed by atoms with Crippen molar-refractivity contribution in [3.63, 3.8) is 0 Å². The number of ether oxygens (including phenoxy) is 5. The Bertz CT molecular complexity index is 1820. The molecule has 2 heterocycles. The molecule has 47 heavy (non-hydrogen) atoms. The summed E-state index contributed by atoms with van der Waals surface area (Å²) in [6.45, 7) is -0.553. The fraction of sp³-hybridized carbons (Fsp3) is 0.212. The Hall–Kier alpha value is -5.89. The lowest BCUT2D eigenvalue weighted by Crippen LogP contribution is -2.54. The van der Waals surface area contributed by atoms with E-state index < -0.39 is 78.2 Å². The first-order valence-electron chi connectivity index (χ1n) is 14.1. The Morgan fingerprint density at radius 3 is 1.70 bits per heavy atom. The van der Waals surface area contributed by atoms with Gasteiger partial charge in [0.1, 0.15) is 13.2 Å². The van der Waals surface area contributed by atoms with E-state index in [2.05, 4.69) is 0 Å². The van der Waals surface area contributed by atoms with Gasteiger partial charge in [-0.25, -0.2) is 19.2 Å². The molecule has 1 N–H and O–H groups in total. The highest BCUT2D eigenvalue weighted by Gasteiger charge is 2.62. The van der Waals surface area contributed by atoms with Crippen molar-refractivity contribution in [3.05, 3.63) is 141 Å². The van der Waals surface area contributed by atoms with E-state index in [1.54, 1.807) is 59.6 Å². The number of aromatic nitrogens is 2. The van der Waals surface area contributed by atoms with E-state index in [1.807, 2.05) is 0 Å². The van der Waals surface area contributed by atoms with Gasteiger partial charge in [0, 0.05) is 6.92 Å². The van der Waals surface area contributed by atoms with Crippen LogP contribution in [0.5, 0.6) is 0 Å². The fourth-order valence-corrected chi connectivity index (χ4v) is 4.90. The number of nitrogens with one attached hydrogen (secondary N) is 1. The number of nitrogens with zero attached hydrogens (tertiary/aromatic N) is 1. The predicted molar refractivity (Wildman–Crippen MR) is 159 cm³/mol. The third kappa shape index (κ3) is 7.34. The number of benzene rings is 3. The van der Waals surface area contributed by atoms with Crippen LogP contribution >= 0.6 is 0 Å². The largest absolute Gasteiger partial charge is 0.459 e. The summed E-state index contributed by atoms with van der Waals surface area (Å²) in [5.74, 6) is -4.98. The van der Waals surface area contributed by atoms with Gasteiger partial charge in [0.05, 0.1) is 22.9 Å². The average Bonchev–Trinajstić information content (AvgIpc) is 3.36. The maximum atomic E-state index is 14.5. The standard InChI is InChI=1S/C33H27FN2O11/c1-20(37)45-25-26(46-31(41)23-15-9-4-10-16-23)33(18-43-29(39)21-11-5-2-6-12-21,19-44-30(40)22-13-7-3-8-14-22)47-28(25)36-17-24(34)27(38)35-32(36)42/h2-17,25-26,28H,18-19H2,1H3,(H,35,38,42)/t25-,26-,28-/m0/s1. The van der Waals surface area contributed by atoms with Crippen molar-refractivity contribution in [2.24, 2.45) is 0 Å². The minimum atomic E-state index is -2.17. The van der Waals surface area contributed by atoms with Gasteiger partial charge in [-0.05, 0) is 36.4 Å². The van der Waals surface area contributed by atoms with E-state index in [0.717, 1.165) is 6.92 Å². The summed E-state index contributed by atoms with van der Waals surface area (Å²) >= 11 is 0. The van der Waals surface area contributed by atoms with Crippen LogP contribution in [0.3, 0.4) is 0 Å². The lowest BCUT2D eigenvalue weighted by atomic mass is 9.96. The summed E-state index contributed by atoms with van der Waals surface area (Å²) < 4.78 is 43.8. The molecule has 0 spiro atoms. The maximum Gasteiger partial charge on any atom is 0.338 e. The van der Waals surface area contributed by atoms with Crippen molar-refractivity contribution in [1.82, 2.24) is 9.55 Å². The van der Waals surface area contributed by atoms with Crippen LogP contribution in [0.25, 0.3) is 0 Å². The van der Waals surface area contributed by atoms with Gasteiger partial charge in [0.2, 0.25) is 5.82 Å². The molecular formula is C33H27FN2O11. The second kappa shape index (κ2) is 14.0. The average molecular weight is 647 g/mol. The first-order chi connectivity index (χ1) is 22.6. The van der Waals surface area contributed by atoms with E-state index in [-0.39, 0.29) is 16.7 Å². The molecule has 5 rings (SSSR count). The summed E-state index contributed by atoms with van der Waals surface area (Å²) in [4.78, 5) is 78.5. The molecule has 1 fully saturated rings. The summed E-state index contributed by atoms with van der Waals surface area (Å²) in [6, 6.07) is 23.3. The number of carbonyl (C=O) groups is 4. The molecule has 14 heteroatoms. The summed E-state index contributed by atoms with van der Waals surface area (Å²) in [5, 5.41) is 0. The number of halogens is 1. The molecule has 13 nitrogen and oxygen atoms in total. The van der Waals surface area contributed by atoms with E-state index in [0.29, 0.717) is 10.8 Å². The molecule has 0 amide bonds. The SMILES string of the molecule is CC(=O)O[C@@H]1[C@@H](n2cc(F)c(=O)[nH]c2=O)OC(COC(=O)c2ccccc2)(COC(=O)c2ccccc2)[C@H]1OC(=O)c1ccccc1. The lowest BCUT2D eigenvalue weighted by molar-refractivity contribution is -0.157. The Balaban J connectivity index is 1.62. The zero-order valence-corrected chi connectivity index (χ0v) is 24.7. The van der Waals surface area contributed by atoms with Gasteiger partial charge in [0.25, 0.3) is 5.56 Å². The quantitative estimate of drug-likeness (QED) is 0.199. The minimum absolute atomic E-state index is 0.0567. The van der Waals surface area contributed by atoms with Crippen LogP contribution in [0.2, 0.25) is 0 Å². The van der Waals surface area contributed by atoms with Crippen LogP contribution in [-0.2, 0) is 28.5 Å². The second-order valence-corrected chi connectivity index (χ2v) is 10.4. The Kier molecular flexibility index (Phi) is 9.71. The van der Waals surface area contributed by atoms with Crippen LogP contribution in [-0.4, -0.2) is 64.5 Å². The molecule has 0 aliphatic carbocycles. The molecule has 0 bridgehead atoms. The number of aromatic amines is 1. The third-order valence-electron chi connectivity index (χ3n) is 7.11. The minimum Gasteiger partial charge on any atom is -0.459 e. The molecule has 3 aromatic carbocycles. The van der Waals surface area contributed by atoms with Crippen LogP contribution < -0.4 is 11.2 Å². The molecule has 1 aliphatic rings. The normalized spacial score (nSPS) is 18.1. The van der Waals surface area contributed by atoms with Crippen LogP contribution in [0, 0.1) is 5.82 Å². The number of carbonyl (C=O) groups excluding carboxylic acids is 4. The molecule has 0 saturated carbocycles. The van der Waals surface area contributed by atoms with Crippen molar-refractivity contribution in [2.45, 2.75) is 31.0 Å². The zero-order chi connectivity index (χ0) is 33.6. The van der Waals surface area contributed by atoms with Gasteiger partial charge in [-0.1, -0.05) is 54.6 Å². The molecule has 3 atom stereocenters. The first-order valence-corrected chi connectivity index (χ1v) is 14.1. The van der Waals surface area contributed by atoms with Gasteiger partial charge in [0.15, 0.2) is 24.0 Å². The van der Waals surface area contributed by atoms with Crippen molar-refractivity contribution < 1.29 is 47.3 Å². The smallest absolute Gasteiger partial charge is 0.338 e. The number of rotatable bonds is 10. The molecule has 0 unspecified atom stereocenters. The Morgan fingerprint density at radius 1 is 0.766 bits per heavy atom. The van der Waals surface area contributed by atoms with Crippen LogP contribution in [0.4, 0.5) is 4.39 Å². The van der Waals surface area contributed by atoms with Crippen molar-refractivity contribution in [3.8, 4) is 0 Å². The first kappa shape index (κ1) is 32.5. The summed E-state index contributed by atoms with van der Waals surface area (Å²) in [6.07, 6.45) is -4.76. The number of esters is 4. The van der Waals surface area contributed by atoms with Gasteiger partial charge in [-0.3, -0.25) is 19.1 Å². The zero-order valence-electron chi connectivity index (χ0n) is 24.7. The molecule has 1 aliphatic heterocycles. The summed E-state index contributed by atoms with van der Waals surface area (Å²) in [5.41, 5.74) is -4.36. The van der Waals surface area contributed by atoms with Crippen molar-refractivity contribution >= 4 is 23.9 Å². The topological polar surface area (TPSA) is 169 Å². The molecule has 1 aromatic heterocycles. The maximum absolute atomic E-state index is 14.5. The molecule has 242 valence electrons. The van der Waals surface area contributed by atoms with E-state index in [4.69, 9.17) is 23.7 Å². The lowest BCUT2D eigenvalue weighted by Gasteiger charge is -2.33. The Labute approximate surface area is 265 Å². The number of hydrogen-bond acceptors (Lipinski definition) is 11. The fourth-order valence-electron chi connectivity index (χ4n) is 4.90. The highest BCUT2D eigenvalue weighted by molar-refractivity contribution is 5.90. The number of hydrogen-bond donors (Lipinski definition) is 1. The summed E-state index contributed by atoms with van der Waals surface area (Å²) in [7, 11) is 0. The van der Waals surface area contributed by atoms with Gasteiger partial charge >= 0.3 is 29.6 Å². The highest BCUT2D eigenvalue weighted by Crippen LogP contribution is 2.42. The molecule has 1 saturated heterocycles. The Morgan fingerprint density at radius 2 is 1.23 bits per heavy atom. The number of H-pyrrole nitrogens is 1. The molecular weight excluding hydrogens is 619 g/mol. The van der Waals surface area contributed by atoms with Gasteiger partial charge in [-0.2, -0.15) is 4.39 Å². The highest BCUT2D eigenvalue weighted by atomic mass is 19.1. The third-order valence-corrected chi connectivity index (χ3v) is 7.11. The predicted octanol–water partition coefficient (Wildman–Crippen LogP) is 2.81. The van der Waals surface area contributed by atoms with Crippen molar-refractivity contribution in [2.75, 3.05) is 13.2 Å². The molecule has 0 radical (unpaired) electrons. The molecule has 4 aromatic rings. The van der Waals surface area contributed by atoms with Crippen LogP contribution in [0.15, 0.2) is 107 Å². The van der Waals surface area contributed by atoms with E-state index in [1.165, 1.54) is 36.4 Å². The van der Waals surface area contributed by atoms with E-state index >= 15 is 0 Å². The monoisotopic (exact) mass is 646 g/mol. The van der Waals surface area contributed by atoms with Gasteiger partial charge in [-0.15, -0.1) is 0 Å². The van der Waals surface area contributed by atoms with Gasteiger partial charge < -0.3 is 23.7 Å². The van der Waals surface area contributed by atoms with Crippen molar-refractivity contribution in [1.29, 1.82) is 0 Å². The van der Waals surface area contributed by atoms with Crippen LogP contribution in [0.1, 0.15) is 44.2 Å². The van der Waals surface area contributed by atoms with E-state index in [9.17, 15) is 33.2 Å².